The van der Waals surface area contributed by atoms with Crippen LogP contribution in [-0.4, -0.2) is 27.3 Å². The second-order valence-corrected chi connectivity index (χ2v) is 5.86. The zero-order valence-corrected chi connectivity index (χ0v) is 13.3. The SMILES string of the molecule is CC(C)C(NCc1nnc(-c2ccc(Br)cc2)o1)C(=O)O. The number of rotatable bonds is 6. The second kappa shape index (κ2) is 6.82. The van der Waals surface area contributed by atoms with Crippen molar-refractivity contribution in [3.8, 4) is 11.5 Å². The Hall–Kier alpha value is -1.73. The van der Waals surface area contributed by atoms with Gasteiger partial charge in [0.2, 0.25) is 11.8 Å². The number of benzene rings is 1. The molecule has 1 heterocycles. The molecule has 2 aromatic rings. The van der Waals surface area contributed by atoms with Gasteiger partial charge in [-0.25, -0.2) is 0 Å². The highest BCUT2D eigenvalue weighted by Crippen LogP contribution is 2.20. The molecule has 0 saturated carbocycles. The Morgan fingerprint density at radius 2 is 2.00 bits per heavy atom. The van der Waals surface area contributed by atoms with E-state index in [1.54, 1.807) is 0 Å². The number of nitrogens with one attached hydrogen (secondary N) is 1. The van der Waals surface area contributed by atoms with Gasteiger partial charge in [0.15, 0.2) is 0 Å². The molecule has 6 nitrogen and oxygen atoms in total. The molecule has 112 valence electrons. The number of nitrogens with zero attached hydrogens (tertiary/aromatic N) is 2. The first-order valence-corrected chi connectivity index (χ1v) is 7.31. The minimum absolute atomic E-state index is 0.0311. The summed E-state index contributed by atoms with van der Waals surface area (Å²) in [6.07, 6.45) is 0. The van der Waals surface area contributed by atoms with E-state index in [0.717, 1.165) is 10.0 Å². The molecular formula is C14H16BrN3O3. The van der Waals surface area contributed by atoms with Gasteiger partial charge in [-0.15, -0.1) is 10.2 Å². The summed E-state index contributed by atoms with van der Waals surface area (Å²) >= 11 is 3.36. The molecule has 0 spiro atoms. The van der Waals surface area contributed by atoms with Crippen molar-refractivity contribution in [3.05, 3.63) is 34.6 Å². The third kappa shape index (κ3) is 4.12. The maximum atomic E-state index is 11.1. The fourth-order valence-corrected chi connectivity index (χ4v) is 2.10. The van der Waals surface area contributed by atoms with Crippen molar-refractivity contribution >= 4 is 21.9 Å². The summed E-state index contributed by atoms with van der Waals surface area (Å²) in [5.74, 6) is -0.149. The summed E-state index contributed by atoms with van der Waals surface area (Å²) in [6.45, 7) is 3.90. The van der Waals surface area contributed by atoms with Gasteiger partial charge >= 0.3 is 5.97 Å². The van der Waals surface area contributed by atoms with Gasteiger partial charge in [0.1, 0.15) is 6.04 Å². The third-order valence-electron chi connectivity index (χ3n) is 2.96. The second-order valence-electron chi connectivity index (χ2n) is 4.95. The molecular weight excluding hydrogens is 338 g/mol. The zero-order chi connectivity index (χ0) is 15.4. The van der Waals surface area contributed by atoms with E-state index in [2.05, 4.69) is 31.4 Å². The van der Waals surface area contributed by atoms with Crippen molar-refractivity contribution in [2.45, 2.75) is 26.4 Å². The predicted octanol–water partition coefficient (Wildman–Crippen LogP) is 2.70. The standard InChI is InChI=1S/C14H16BrN3O3/c1-8(2)12(14(19)20)16-7-11-17-18-13(21-11)9-3-5-10(15)6-4-9/h3-6,8,12,16H,7H2,1-2H3,(H,19,20). The Morgan fingerprint density at radius 3 is 2.57 bits per heavy atom. The Labute approximate surface area is 130 Å². The van der Waals surface area contributed by atoms with Gasteiger partial charge in [-0.3, -0.25) is 10.1 Å². The molecule has 0 fully saturated rings. The van der Waals surface area contributed by atoms with Gasteiger partial charge < -0.3 is 9.52 Å². The number of aliphatic carboxylic acids is 1. The number of carbonyl (C=O) groups is 1. The summed E-state index contributed by atoms with van der Waals surface area (Å²) in [4.78, 5) is 11.1. The first-order chi connectivity index (χ1) is 9.97. The molecule has 1 aromatic heterocycles. The van der Waals surface area contributed by atoms with Crippen LogP contribution in [0.3, 0.4) is 0 Å². The minimum Gasteiger partial charge on any atom is -0.480 e. The van der Waals surface area contributed by atoms with Crippen LogP contribution >= 0.6 is 15.9 Å². The average molecular weight is 354 g/mol. The van der Waals surface area contributed by atoms with Crippen LogP contribution in [0.1, 0.15) is 19.7 Å². The van der Waals surface area contributed by atoms with Crippen LogP contribution in [0.4, 0.5) is 0 Å². The van der Waals surface area contributed by atoms with Crippen molar-refractivity contribution in [3.63, 3.8) is 0 Å². The highest BCUT2D eigenvalue weighted by molar-refractivity contribution is 9.10. The van der Waals surface area contributed by atoms with Gasteiger partial charge in [-0.05, 0) is 30.2 Å². The molecule has 7 heteroatoms. The number of carboxylic acids is 1. The molecule has 0 aliphatic heterocycles. The van der Waals surface area contributed by atoms with Gasteiger partial charge in [-0.1, -0.05) is 29.8 Å². The van der Waals surface area contributed by atoms with Gasteiger partial charge in [0, 0.05) is 10.0 Å². The van der Waals surface area contributed by atoms with Crippen molar-refractivity contribution in [2.24, 2.45) is 5.92 Å². The van der Waals surface area contributed by atoms with Gasteiger partial charge in [0.05, 0.1) is 6.54 Å². The van der Waals surface area contributed by atoms with E-state index in [0.29, 0.717) is 11.8 Å². The van der Waals surface area contributed by atoms with E-state index in [-0.39, 0.29) is 12.5 Å². The fraction of sp³-hybridized carbons (Fsp3) is 0.357. The Balaban J connectivity index is 2.03. The quantitative estimate of drug-likeness (QED) is 0.829. The molecule has 2 rings (SSSR count). The molecule has 0 aliphatic carbocycles. The van der Waals surface area contributed by atoms with E-state index in [9.17, 15) is 4.79 Å². The van der Waals surface area contributed by atoms with E-state index in [1.165, 1.54) is 0 Å². The van der Waals surface area contributed by atoms with Crippen LogP contribution in [-0.2, 0) is 11.3 Å². The Morgan fingerprint density at radius 1 is 1.33 bits per heavy atom. The van der Waals surface area contributed by atoms with Crippen LogP contribution in [0, 0.1) is 5.92 Å². The summed E-state index contributed by atoms with van der Waals surface area (Å²) in [6, 6.07) is 6.85. The maximum absolute atomic E-state index is 11.1. The molecule has 1 unspecified atom stereocenters. The van der Waals surface area contributed by atoms with Crippen LogP contribution in [0.25, 0.3) is 11.5 Å². The first kappa shape index (κ1) is 15.7. The lowest BCUT2D eigenvalue weighted by atomic mass is 10.1. The Kier molecular flexibility index (Phi) is 5.08. The van der Waals surface area contributed by atoms with E-state index in [4.69, 9.17) is 9.52 Å². The highest BCUT2D eigenvalue weighted by atomic mass is 79.9. The number of halogens is 1. The molecule has 0 saturated heterocycles. The molecule has 1 aromatic carbocycles. The zero-order valence-electron chi connectivity index (χ0n) is 11.7. The smallest absolute Gasteiger partial charge is 0.320 e. The van der Waals surface area contributed by atoms with Crippen molar-refractivity contribution in [1.29, 1.82) is 0 Å². The highest BCUT2D eigenvalue weighted by Gasteiger charge is 2.21. The van der Waals surface area contributed by atoms with Crippen LogP contribution in [0.5, 0.6) is 0 Å². The molecule has 1 atom stereocenters. The molecule has 0 amide bonds. The number of hydrogen-bond donors (Lipinski definition) is 2. The lowest BCUT2D eigenvalue weighted by molar-refractivity contribution is -0.140. The monoisotopic (exact) mass is 353 g/mol. The lowest BCUT2D eigenvalue weighted by Crippen LogP contribution is -2.40. The van der Waals surface area contributed by atoms with Gasteiger partial charge in [0.25, 0.3) is 0 Å². The number of aromatic nitrogens is 2. The fourth-order valence-electron chi connectivity index (χ4n) is 1.84. The number of hydrogen-bond acceptors (Lipinski definition) is 5. The summed E-state index contributed by atoms with van der Waals surface area (Å²) in [5, 5.41) is 19.9. The van der Waals surface area contributed by atoms with Gasteiger partial charge in [-0.2, -0.15) is 0 Å². The molecule has 0 radical (unpaired) electrons. The summed E-state index contributed by atoms with van der Waals surface area (Å²) in [7, 11) is 0. The topological polar surface area (TPSA) is 88.3 Å². The van der Waals surface area contributed by atoms with Crippen LogP contribution in [0.15, 0.2) is 33.2 Å². The average Bonchev–Trinajstić information content (AvgIpc) is 2.87. The molecule has 0 bridgehead atoms. The molecule has 0 aliphatic rings. The largest absolute Gasteiger partial charge is 0.480 e. The van der Waals surface area contributed by atoms with Crippen molar-refractivity contribution in [2.75, 3.05) is 0 Å². The molecule has 2 N–H and O–H groups in total. The minimum atomic E-state index is -0.891. The van der Waals surface area contributed by atoms with Crippen LogP contribution < -0.4 is 5.32 Å². The first-order valence-electron chi connectivity index (χ1n) is 6.52. The third-order valence-corrected chi connectivity index (χ3v) is 3.49. The van der Waals surface area contributed by atoms with Crippen molar-refractivity contribution < 1.29 is 14.3 Å². The number of carboxylic acid groups (broad SMARTS) is 1. The van der Waals surface area contributed by atoms with E-state index < -0.39 is 12.0 Å². The van der Waals surface area contributed by atoms with E-state index >= 15 is 0 Å². The Bertz CT molecular complexity index is 610. The summed E-state index contributed by atoms with van der Waals surface area (Å²) in [5.41, 5.74) is 0.815. The van der Waals surface area contributed by atoms with E-state index in [1.807, 2.05) is 38.1 Å². The normalized spacial score (nSPS) is 12.6. The maximum Gasteiger partial charge on any atom is 0.320 e. The van der Waals surface area contributed by atoms with Crippen LogP contribution in [0.2, 0.25) is 0 Å². The molecule has 21 heavy (non-hydrogen) atoms. The lowest BCUT2D eigenvalue weighted by Gasteiger charge is -2.16. The summed E-state index contributed by atoms with van der Waals surface area (Å²) < 4.78 is 6.49. The van der Waals surface area contributed by atoms with Crippen molar-refractivity contribution in [1.82, 2.24) is 15.5 Å². The predicted molar refractivity (Wildman–Crippen MR) is 80.5 cm³/mol.